The molecule has 0 N–H and O–H groups in total. The number of methoxy groups -OCH3 is 2. The standard InChI is InChI=1S/C20H18ClNO5S/c1-26-19-10-8-16(21)12-18(19)22(13-20(23)27-2)28(24,25)17-9-7-14-5-3-4-6-15(14)11-17/h3-12H,13H2,1-2H3. The van der Waals surface area contributed by atoms with E-state index in [-0.39, 0.29) is 16.3 Å². The minimum atomic E-state index is -4.11. The molecule has 6 nitrogen and oxygen atoms in total. The summed E-state index contributed by atoms with van der Waals surface area (Å²) in [7, 11) is -1.50. The van der Waals surface area contributed by atoms with Crippen molar-refractivity contribution in [1.29, 1.82) is 0 Å². The topological polar surface area (TPSA) is 72.9 Å². The molecule has 0 heterocycles. The van der Waals surface area contributed by atoms with Crippen molar-refractivity contribution in [3.05, 3.63) is 65.7 Å². The first-order valence-corrected chi connectivity index (χ1v) is 10.1. The number of anilines is 1. The number of sulfonamides is 1. The van der Waals surface area contributed by atoms with E-state index in [4.69, 9.17) is 16.3 Å². The highest BCUT2D eigenvalue weighted by molar-refractivity contribution is 7.92. The van der Waals surface area contributed by atoms with Crippen LogP contribution in [-0.4, -0.2) is 35.2 Å². The molecule has 0 spiro atoms. The van der Waals surface area contributed by atoms with Crippen LogP contribution in [0.3, 0.4) is 0 Å². The highest BCUT2D eigenvalue weighted by Gasteiger charge is 2.30. The average Bonchev–Trinajstić information content (AvgIpc) is 2.71. The smallest absolute Gasteiger partial charge is 0.326 e. The number of fused-ring (bicyclic) bond motifs is 1. The van der Waals surface area contributed by atoms with Crippen molar-refractivity contribution >= 4 is 44.1 Å². The number of nitrogens with zero attached hydrogens (tertiary/aromatic N) is 1. The van der Waals surface area contributed by atoms with Gasteiger partial charge in [-0.15, -0.1) is 0 Å². The van der Waals surface area contributed by atoms with Gasteiger partial charge in [-0.1, -0.05) is 41.9 Å². The largest absolute Gasteiger partial charge is 0.495 e. The zero-order chi connectivity index (χ0) is 20.3. The second-order valence-electron chi connectivity index (χ2n) is 5.91. The minimum Gasteiger partial charge on any atom is -0.495 e. The molecule has 0 unspecified atom stereocenters. The maximum absolute atomic E-state index is 13.4. The van der Waals surface area contributed by atoms with Crippen molar-refractivity contribution in [1.82, 2.24) is 0 Å². The lowest BCUT2D eigenvalue weighted by Gasteiger charge is -2.25. The molecule has 0 aromatic heterocycles. The highest BCUT2D eigenvalue weighted by atomic mass is 35.5. The summed E-state index contributed by atoms with van der Waals surface area (Å²) in [4.78, 5) is 12.0. The Balaban J connectivity index is 2.18. The normalized spacial score (nSPS) is 11.2. The Morgan fingerprint density at radius 3 is 2.39 bits per heavy atom. The van der Waals surface area contributed by atoms with Gasteiger partial charge in [0, 0.05) is 5.02 Å². The number of esters is 1. The van der Waals surface area contributed by atoms with Gasteiger partial charge in [0.25, 0.3) is 10.0 Å². The van der Waals surface area contributed by atoms with E-state index in [1.165, 1.54) is 32.4 Å². The van der Waals surface area contributed by atoms with Crippen LogP contribution in [0.4, 0.5) is 5.69 Å². The number of benzene rings is 3. The van der Waals surface area contributed by atoms with Gasteiger partial charge in [-0.2, -0.15) is 0 Å². The van der Waals surface area contributed by atoms with Crippen molar-refractivity contribution in [2.24, 2.45) is 0 Å². The lowest BCUT2D eigenvalue weighted by atomic mass is 10.1. The van der Waals surface area contributed by atoms with E-state index in [0.29, 0.717) is 5.02 Å². The molecular weight excluding hydrogens is 402 g/mol. The Morgan fingerprint density at radius 2 is 1.71 bits per heavy atom. The highest BCUT2D eigenvalue weighted by Crippen LogP contribution is 2.35. The Labute approximate surface area is 168 Å². The minimum absolute atomic E-state index is 0.0390. The third-order valence-corrected chi connectivity index (χ3v) is 6.21. The number of rotatable bonds is 6. The second kappa shape index (κ2) is 8.08. The molecule has 0 aliphatic heterocycles. The number of ether oxygens (including phenoxy) is 2. The zero-order valence-electron chi connectivity index (χ0n) is 15.3. The first-order chi connectivity index (χ1) is 13.4. The van der Waals surface area contributed by atoms with Crippen LogP contribution in [0.1, 0.15) is 0 Å². The Morgan fingerprint density at radius 1 is 1.00 bits per heavy atom. The number of hydrogen-bond acceptors (Lipinski definition) is 5. The van der Waals surface area contributed by atoms with Crippen molar-refractivity contribution in [2.75, 3.05) is 25.1 Å². The molecule has 28 heavy (non-hydrogen) atoms. The summed E-state index contributed by atoms with van der Waals surface area (Å²) in [6, 6.07) is 16.7. The summed E-state index contributed by atoms with van der Waals surface area (Å²) < 4.78 is 37.8. The number of carbonyl (C=O) groups is 1. The van der Waals surface area contributed by atoms with E-state index in [1.54, 1.807) is 18.2 Å². The van der Waals surface area contributed by atoms with Crippen molar-refractivity contribution in [3.8, 4) is 5.75 Å². The van der Waals surface area contributed by atoms with Crippen LogP contribution in [0.2, 0.25) is 5.02 Å². The van der Waals surface area contributed by atoms with E-state index >= 15 is 0 Å². The van der Waals surface area contributed by atoms with Crippen LogP contribution in [0.5, 0.6) is 5.75 Å². The molecule has 0 aliphatic carbocycles. The maximum Gasteiger partial charge on any atom is 0.326 e. The Hall–Kier alpha value is -2.77. The quantitative estimate of drug-likeness (QED) is 0.567. The maximum atomic E-state index is 13.4. The van der Waals surface area contributed by atoms with Crippen molar-refractivity contribution in [2.45, 2.75) is 4.90 Å². The molecule has 0 saturated carbocycles. The number of hydrogen-bond donors (Lipinski definition) is 0. The molecule has 3 aromatic rings. The fourth-order valence-corrected chi connectivity index (χ4v) is 4.41. The van der Waals surface area contributed by atoms with Gasteiger partial charge < -0.3 is 9.47 Å². The lowest BCUT2D eigenvalue weighted by molar-refractivity contribution is -0.138. The number of carbonyl (C=O) groups excluding carboxylic acids is 1. The van der Waals surface area contributed by atoms with Crippen LogP contribution >= 0.6 is 11.6 Å². The summed E-state index contributed by atoms with van der Waals surface area (Å²) in [6.45, 7) is -0.525. The molecule has 0 bridgehead atoms. The fourth-order valence-electron chi connectivity index (χ4n) is 2.79. The van der Waals surface area contributed by atoms with Gasteiger partial charge in [-0.05, 0) is 41.1 Å². The summed E-state index contributed by atoms with van der Waals surface area (Å²) in [5.74, 6) is -0.455. The molecule has 0 aliphatic rings. The zero-order valence-corrected chi connectivity index (χ0v) is 16.8. The first kappa shape index (κ1) is 20.0. The van der Waals surface area contributed by atoms with Gasteiger partial charge in [0.05, 0.1) is 24.8 Å². The summed E-state index contributed by atoms with van der Waals surface area (Å²) >= 11 is 6.07. The van der Waals surface area contributed by atoms with Gasteiger partial charge in [0.2, 0.25) is 0 Å². The SMILES string of the molecule is COC(=O)CN(c1cc(Cl)ccc1OC)S(=O)(=O)c1ccc2ccccc2c1. The third kappa shape index (κ3) is 3.90. The van der Waals surface area contributed by atoms with E-state index in [0.717, 1.165) is 15.1 Å². The predicted molar refractivity (Wildman–Crippen MR) is 108 cm³/mol. The third-order valence-electron chi connectivity index (χ3n) is 4.22. The Kier molecular flexibility index (Phi) is 5.76. The van der Waals surface area contributed by atoms with Gasteiger partial charge in [0.1, 0.15) is 12.3 Å². The summed E-state index contributed by atoms with van der Waals surface area (Å²) in [6.07, 6.45) is 0. The van der Waals surface area contributed by atoms with Crippen LogP contribution in [0, 0.1) is 0 Å². The molecule has 0 atom stereocenters. The van der Waals surface area contributed by atoms with Gasteiger partial charge >= 0.3 is 5.97 Å². The second-order valence-corrected chi connectivity index (χ2v) is 8.21. The molecule has 3 aromatic carbocycles. The van der Waals surface area contributed by atoms with Crippen LogP contribution < -0.4 is 9.04 Å². The lowest BCUT2D eigenvalue weighted by Crippen LogP contribution is -2.36. The van der Waals surface area contributed by atoms with Gasteiger partial charge in [-0.25, -0.2) is 8.42 Å². The number of halogens is 1. The molecule has 0 amide bonds. The molecular formula is C20H18ClNO5S. The molecule has 0 radical (unpaired) electrons. The average molecular weight is 420 g/mol. The Bertz CT molecular complexity index is 1130. The summed E-state index contributed by atoms with van der Waals surface area (Å²) in [5, 5.41) is 1.97. The molecule has 146 valence electrons. The van der Waals surface area contributed by atoms with Crippen LogP contribution in [0.25, 0.3) is 10.8 Å². The van der Waals surface area contributed by atoms with Crippen molar-refractivity contribution < 1.29 is 22.7 Å². The van der Waals surface area contributed by atoms with E-state index in [2.05, 4.69) is 4.74 Å². The van der Waals surface area contributed by atoms with E-state index in [9.17, 15) is 13.2 Å². The van der Waals surface area contributed by atoms with E-state index in [1.807, 2.05) is 24.3 Å². The predicted octanol–water partition coefficient (Wildman–Crippen LogP) is 3.87. The van der Waals surface area contributed by atoms with Crippen LogP contribution in [-0.2, 0) is 19.6 Å². The molecule has 3 rings (SSSR count). The van der Waals surface area contributed by atoms with Gasteiger partial charge in [0.15, 0.2) is 0 Å². The molecule has 0 saturated heterocycles. The molecule has 0 fully saturated rings. The summed E-state index contributed by atoms with van der Waals surface area (Å²) in [5.41, 5.74) is 0.147. The van der Waals surface area contributed by atoms with Crippen molar-refractivity contribution in [3.63, 3.8) is 0 Å². The van der Waals surface area contributed by atoms with Crippen LogP contribution in [0.15, 0.2) is 65.6 Å². The molecule has 8 heteroatoms. The van der Waals surface area contributed by atoms with E-state index < -0.39 is 22.5 Å². The van der Waals surface area contributed by atoms with Gasteiger partial charge in [-0.3, -0.25) is 9.10 Å². The monoisotopic (exact) mass is 419 g/mol. The first-order valence-electron chi connectivity index (χ1n) is 8.28. The fraction of sp³-hybridized carbons (Fsp3) is 0.150.